The van der Waals surface area contributed by atoms with E-state index in [4.69, 9.17) is 0 Å². The van der Waals surface area contributed by atoms with Crippen molar-refractivity contribution in [2.24, 2.45) is 0 Å². The number of fused-ring (bicyclic) bond motifs is 1. The van der Waals surface area contributed by atoms with Gasteiger partial charge < -0.3 is 9.88 Å². The third-order valence-corrected chi connectivity index (χ3v) is 5.56. The number of aryl methyl sites for hydroxylation is 1. The first-order chi connectivity index (χ1) is 11.5. The Bertz CT molecular complexity index is 846. The summed E-state index contributed by atoms with van der Waals surface area (Å²) in [6, 6.07) is 5.92. The molecule has 0 aliphatic carbocycles. The highest BCUT2D eigenvalue weighted by Gasteiger charge is 2.32. The van der Waals surface area contributed by atoms with Crippen molar-refractivity contribution in [3.8, 4) is 0 Å². The van der Waals surface area contributed by atoms with Gasteiger partial charge >= 0.3 is 0 Å². The van der Waals surface area contributed by atoms with Crippen molar-refractivity contribution in [1.29, 1.82) is 0 Å². The van der Waals surface area contributed by atoms with Gasteiger partial charge in [-0.05, 0) is 25.0 Å². The predicted octanol–water partition coefficient (Wildman–Crippen LogP) is -0.140. The maximum Gasteiger partial charge on any atom is 0.241 e. The van der Waals surface area contributed by atoms with Crippen molar-refractivity contribution in [2.45, 2.75) is 37.2 Å². The molecule has 0 radical (unpaired) electrons. The standard InChI is InChI=1S/C15H19N5O3S/c1-2-20-10-17-18-14(20)7-8-16-15(21)12-9-11-5-3-4-6-13(11)24(22,23)19-12/h3-6,10,12,19H,2,7-9H2,1H3,(H,16,21). The van der Waals surface area contributed by atoms with Gasteiger partial charge in [0.15, 0.2) is 0 Å². The van der Waals surface area contributed by atoms with E-state index in [0.29, 0.717) is 24.9 Å². The normalized spacial score (nSPS) is 18.8. The number of amides is 1. The number of sulfonamides is 1. The number of rotatable bonds is 5. The molecule has 2 N–H and O–H groups in total. The van der Waals surface area contributed by atoms with Gasteiger partial charge in [0, 0.05) is 19.5 Å². The van der Waals surface area contributed by atoms with Crippen molar-refractivity contribution in [3.63, 3.8) is 0 Å². The highest BCUT2D eigenvalue weighted by molar-refractivity contribution is 7.89. The lowest BCUT2D eigenvalue weighted by Gasteiger charge is -2.25. The highest BCUT2D eigenvalue weighted by Crippen LogP contribution is 2.22. The lowest BCUT2D eigenvalue weighted by atomic mass is 10.1. The summed E-state index contributed by atoms with van der Waals surface area (Å²) >= 11 is 0. The molecule has 128 valence electrons. The Balaban J connectivity index is 1.62. The third-order valence-electron chi connectivity index (χ3n) is 3.98. The quantitative estimate of drug-likeness (QED) is 0.781. The van der Waals surface area contributed by atoms with Gasteiger partial charge in [0.1, 0.15) is 18.2 Å². The Morgan fingerprint density at radius 1 is 1.42 bits per heavy atom. The number of nitrogens with one attached hydrogen (secondary N) is 2. The zero-order chi connectivity index (χ0) is 17.2. The van der Waals surface area contributed by atoms with E-state index < -0.39 is 16.1 Å². The molecule has 2 heterocycles. The molecule has 9 heteroatoms. The first-order valence-electron chi connectivity index (χ1n) is 7.76. The van der Waals surface area contributed by atoms with E-state index in [-0.39, 0.29) is 10.8 Å². The second-order valence-electron chi connectivity index (χ2n) is 5.56. The summed E-state index contributed by atoms with van der Waals surface area (Å²) < 4.78 is 28.8. The van der Waals surface area contributed by atoms with Gasteiger partial charge in [-0.15, -0.1) is 10.2 Å². The molecule has 1 aliphatic rings. The van der Waals surface area contributed by atoms with E-state index in [0.717, 1.165) is 12.4 Å². The summed E-state index contributed by atoms with van der Waals surface area (Å²) in [6.45, 7) is 3.12. The van der Waals surface area contributed by atoms with E-state index in [2.05, 4.69) is 20.2 Å². The average Bonchev–Trinajstić information content (AvgIpc) is 3.01. The minimum Gasteiger partial charge on any atom is -0.354 e. The molecule has 1 amide bonds. The molecule has 1 aromatic heterocycles. The lowest BCUT2D eigenvalue weighted by molar-refractivity contribution is -0.122. The minimum atomic E-state index is -3.65. The van der Waals surface area contributed by atoms with E-state index in [1.54, 1.807) is 30.6 Å². The number of nitrogens with zero attached hydrogens (tertiary/aromatic N) is 3. The van der Waals surface area contributed by atoms with Crippen molar-refractivity contribution in [1.82, 2.24) is 24.8 Å². The second-order valence-corrected chi connectivity index (χ2v) is 7.24. The van der Waals surface area contributed by atoms with Crippen molar-refractivity contribution in [2.75, 3.05) is 6.54 Å². The molecule has 0 spiro atoms. The van der Waals surface area contributed by atoms with Crippen LogP contribution in [0.15, 0.2) is 35.5 Å². The Morgan fingerprint density at radius 2 is 2.21 bits per heavy atom. The van der Waals surface area contributed by atoms with Crippen LogP contribution < -0.4 is 10.0 Å². The van der Waals surface area contributed by atoms with Crippen molar-refractivity contribution in [3.05, 3.63) is 42.0 Å². The fourth-order valence-electron chi connectivity index (χ4n) is 2.75. The summed E-state index contributed by atoms with van der Waals surface area (Å²) in [6.07, 6.45) is 2.52. The van der Waals surface area contributed by atoms with Crippen molar-refractivity contribution >= 4 is 15.9 Å². The molecular weight excluding hydrogens is 330 g/mol. The van der Waals surface area contributed by atoms with Crippen LogP contribution in [0.2, 0.25) is 0 Å². The number of aromatic nitrogens is 3. The fraction of sp³-hybridized carbons (Fsp3) is 0.400. The van der Waals surface area contributed by atoms with Crippen LogP contribution in [0.4, 0.5) is 0 Å². The molecule has 1 unspecified atom stereocenters. The zero-order valence-corrected chi connectivity index (χ0v) is 14.1. The molecule has 3 rings (SSSR count). The largest absolute Gasteiger partial charge is 0.354 e. The molecule has 8 nitrogen and oxygen atoms in total. The summed E-state index contributed by atoms with van der Waals surface area (Å²) in [7, 11) is -3.65. The van der Waals surface area contributed by atoms with Gasteiger partial charge in [-0.3, -0.25) is 4.79 Å². The molecule has 2 aromatic rings. The van der Waals surface area contributed by atoms with Crippen LogP contribution in [0, 0.1) is 0 Å². The minimum absolute atomic E-state index is 0.241. The van der Waals surface area contributed by atoms with Crippen LogP contribution in [0.3, 0.4) is 0 Å². The molecule has 0 saturated heterocycles. The van der Waals surface area contributed by atoms with Gasteiger partial charge in [0.25, 0.3) is 0 Å². The van der Waals surface area contributed by atoms with Crippen LogP contribution >= 0.6 is 0 Å². The van der Waals surface area contributed by atoms with Gasteiger partial charge in [-0.25, -0.2) is 8.42 Å². The average molecular weight is 349 g/mol. The van der Waals surface area contributed by atoms with Gasteiger partial charge in [-0.2, -0.15) is 4.72 Å². The van der Waals surface area contributed by atoms with E-state index in [1.165, 1.54) is 0 Å². The van der Waals surface area contributed by atoms with Gasteiger partial charge in [0.2, 0.25) is 15.9 Å². The van der Waals surface area contributed by atoms with E-state index in [9.17, 15) is 13.2 Å². The first kappa shape index (κ1) is 16.6. The van der Waals surface area contributed by atoms with Crippen LogP contribution in [-0.2, 0) is 34.2 Å². The summed E-state index contributed by atoms with van der Waals surface area (Å²) in [5.41, 5.74) is 0.655. The molecule has 1 aromatic carbocycles. The number of carbonyl (C=O) groups excluding carboxylic acids is 1. The van der Waals surface area contributed by atoms with Crippen LogP contribution in [0.25, 0.3) is 0 Å². The smallest absolute Gasteiger partial charge is 0.241 e. The Labute approximate surface area is 140 Å². The molecular formula is C15H19N5O3S. The zero-order valence-electron chi connectivity index (χ0n) is 13.3. The number of benzene rings is 1. The number of hydrogen-bond acceptors (Lipinski definition) is 5. The Morgan fingerprint density at radius 3 is 3.00 bits per heavy atom. The van der Waals surface area contributed by atoms with E-state index >= 15 is 0 Å². The van der Waals surface area contributed by atoms with E-state index in [1.807, 2.05) is 11.5 Å². The van der Waals surface area contributed by atoms with Crippen molar-refractivity contribution < 1.29 is 13.2 Å². The second kappa shape index (κ2) is 6.70. The Kier molecular flexibility index (Phi) is 4.63. The van der Waals surface area contributed by atoms with Crippen LogP contribution in [-0.4, -0.2) is 41.7 Å². The Hall–Kier alpha value is -2.26. The van der Waals surface area contributed by atoms with Gasteiger partial charge in [0.05, 0.1) is 4.90 Å². The fourth-order valence-corrected chi connectivity index (χ4v) is 4.20. The van der Waals surface area contributed by atoms with Gasteiger partial charge in [-0.1, -0.05) is 18.2 Å². The topological polar surface area (TPSA) is 106 Å². The lowest BCUT2D eigenvalue weighted by Crippen LogP contribution is -2.50. The molecule has 1 atom stereocenters. The third kappa shape index (κ3) is 3.31. The summed E-state index contributed by atoms with van der Waals surface area (Å²) in [5, 5.41) is 10.6. The molecule has 0 bridgehead atoms. The highest BCUT2D eigenvalue weighted by atomic mass is 32.2. The predicted molar refractivity (Wildman–Crippen MR) is 86.7 cm³/mol. The monoisotopic (exact) mass is 349 g/mol. The molecule has 0 saturated carbocycles. The molecule has 0 fully saturated rings. The maximum atomic E-state index is 12.3. The number of carbonyl (C=O) groups is 1. The molecule has 1 aliphatic heterocycles. The summed E-state index contributed by atoms with van der Waals surface area (Å²) in [5.74, 6) is 0.447. The number of hydrogen-bond donors (Lipinski definition) is 2. The first-order valence-corrected chi connectivity index (χ1v) is 9.24. The van der Waals surface area contributed by atoms with Crippen LogP contribution in [0.5, 0.6) is 0 Å². The SMILES string of the molecule is CCn1cnnc1CCNC(=O)C1Cc2ccccc2S(=O)(=O)N1. The summed E-state index contributed by atoms with van der Waals surface area (Å²) in [4.78, 5) is 12.5. The molecule has 24 heavy (non-hydrogen) atoms. The maximum absolute atomic E-state index is 12.3. The van der Waals surface area contributed by atoms with Crippen LogP contribution in [0.1, 0.15) is 18.3 Å².